The molecule has 12 heavy (non-hydrogen) atoms. The molecule has 0 bridgehead atoms. The second-order valence-corrected chi connectivity index (χ2v) is 4.14. The summed E-state index contributed by atoms with van der Waals surface area (Å²) < 4.78 is 0. The Kier molecular flexibility index (Phi) is 4.67. The van der Waals surface area contributed by atoms with Crippen LogP contribution >= 0.6 is 0 Å². The molecule has 0 radical (unpaired) electrons. The zero-order valence-corrected chi connectivity index (χ0v) is 8.73. The highest BCUT2D eigenvalue weighted by atomic mass is 15.2. The van der Waals surface area contributed by atoms with Crippen molar-refractivity contribution in [3.63, 3.8) is 0 Å². The number of nitrogens with one attached hydrogen (secondary N) is 1. The Morgan fingerprint density at radius 2 is 2.08 bits per heavy atom. The van der Waals surface area contributed by atoms with E-state index in [0.29, 0.717) is 0 Å². The maximum atomic E-state index is 2.31. The summed E-state index contributed by atoms with van der Waals surface area (Å²) in [6.07, 6.45) is 8.62. The van der Waals surface area contributed by atoms with Crippen molar-refractivity contribution >= 4 is 0 Å². The van der Waals surface area contributed by atoms with E-state index in [1.807, 2.05) is 4.90 Å². The van der Waals surface area contributed by atoms with Crippen LogP contribution in [0, 0.1) is 0 Å². The lowest BCUT2D eigenvalue weighted by molar-refractivity contribution is -0.912. The first kappa shape index (κ1) is 10.0. The fourth-order valence-corrected chi connectivity index (χ4v) is 2.43. The summed E-state index contributed by atoms with van der Waals surface area (Å²) >= 11 is 0. The van der Waals surface area contributed by atoms with E-state index >= 15 is 0 Å². The van der Waals surface area contributed by atoms with Crippen LogP contribution in [-0.2, 0) is 0 Å². The van der Waals surface area contributed by atoms with Gasteiger partial charge in [0.25, 0.3) is 0 Å². The largest absolute Gasteiger partial charge is 0.333 e. The Hall–Kier alpha value is -0.0400. The summed E-state index contributed by atoms with van der Waals surface area (Å²) in [5.41, 5.74) is 0. The first-order chi connectivity index (χ1) is 5.88. The average molecular weight is 170 g/mol. The van der Waals surface area contributed by atoms with Gasteiger partial charge < -0.3 is 4.90 Å². The summed E-state index contributed by atoms with van der Waals surface area (Å²) in [5.74, 6) is 0. The van der Waals surface area contributed by atoms with Crippen molar-refractivity contribution in [2.45, 2.75) is 58.4 Å². The highest BCUT2D eigenvalue weighted by Crippen LogP contribution is 2.07. The summed E-state index contributed by atoms with van der Waals surface area (Å²) in [6.45, 7) is 7.47. The SMILES string of the molecule is CCCCC1CCC[NH+]1CCC. The summed E-state index contributed by atoms with van der Waals surface area (Å²) in [7, 11) is 0. The zero-order valence-electron chi connectivity index (χ0n) is 8.73. The van der Waals surface area contributed by atoms with Crippen molar-refractivity contribution in [3.05, 3.63) is 0 Å². The molecule has 0 aromatic heterocycles. The van der Waals surface area contributed by atoms with Crippen LogP contribution in [0.25, 0.3) is 0 Å². The Morgan fingerprint density at radius 3 is 2.75 bits per heavy atom. The molecular formula is C11H24N+. The molecule has 0 spiro atoms. The summed E-state index contributed by atoms with van der Waals surface area (Å²) in [6, 6.07) is 1.02. The van der Waals surface area contributed by atoms with Crippen LogP contribution in [0.1, 0.15) is 52.4 Å². The quantitative estimate of drug-likeness (QED) is 0.640. The lowest BCUT2D eigenvalue weighted by Gasteiger charge is -2.20. The molecule has 0 aromatic rings. The number of hydrogen-bond acceptors (Lipinski definition) is 0. The van der Waals surface area contributed by atoms with Gasteiger partial charge in [-0.15, -0.1) is 0 Å². The van der Waals surface area contributed by atoms with E-state index in [1.165, 1.54) is 51.6 Å². The van der Waals surface area contributed by atoms with Crippen molar-refractivity contribution in [2.75, 3.05) is 13.1 Å². The molecule has 1 fully saturated rings. The molecule has 72 valence electrons. The van der Waals surface area contributed by atoms with Gasteiger partial charge in [-0.25, -0.2) is 0 Å². The Bertz CT molecular complexity index is 112. The van der Waals surface area contributed by atoms with Gasteiger partial charge in [0.05, 0.1) is 19.1 Å². The zero-order chi connectivity index (χ0) is 8.81. The van der Waals surface area contributed by atoms with Crippen LogP contribution < -0.4 is 4.90 Å². The second-order valence-electron chi connectivity index (χ2n) is 4.14. The third-order valence-corrected chi connectivity index (χ3v) is 3.11. The fourth-order valence-electron chi connectivity index (χ4n) is 2.43. The maximum Gasteiger partial charge on any atom is 0.0876 e. The molecule has 1 heteroatoms. The lowest BCUT2D eigenvalue weighted by atomic mass is 10.1. The molecular weight excluding hydrogens is 146 g/mol. The number of rotatable bonds is 5. The molecule has 0 saturated carbocycles. The van der Waals surface area contributed by atoms with Crippen LogP contribution in [0.2, 0.25) is 0 Å². The monoisotopic (exact) mass is 170 g/mol. The van der Waals surface area contributed by atoms with Gasteiger partial charge in [0, 0.05) is 12.8 Å². The van der Waals surface area contributed by atoms with Crippen molar-refractivity contribution in [2.24, 2.45) is 0 Å². The van der Waals surface area contributed by atoms with Gasteiger partial charge in [-0.3, -0.25) is 0 Å². The highest BCUT2D eigenvalue weighted by molar-refractivity contribution is 4.62. The van der Waals surface area contributed by atoms with E-state index in [-0.39, 0.29) is 0 Å². The van der Waals surface area contributed by atoms with Gasteiger partial charge in [-0.1, -0.05) is 20.3 Å². The minimum atomic E-state index is 1.02. The van der Waals surface area contributed by atoms with Crippen molar-refractivity contribution < 1.29 is 4.90 Å². The standard InChI is InChI=1S/C11H23N/c1-3-5-7-11-8-6-10-12(11)9-4-2/h11H,3-10H2,1-2H3/p+1. The minimum absolute atomic E-state index is 1.02. The van der Waals surface area contributed by atoms with Crippen LogP contribution in [-0.4, -0.2) is 19.1 Å². The van der Waals surface area contributed by atoms with Crippen molar-refractivity contribution in [1.29, 1.82) is 0 Å². The molecule has 0 aliphatic carbocycles. The van der Waals surface area contributed by atoms with E-state index in [4.69, 9.17) is 0 Å². The molecule has 1 N–H and O–H groups in total. The normalized spacial score (nSPS) is 29.5. The van der Waals surface area contributed by atoms with Gasteiger partial charge >= 0.3 is 0 Å². The third-order valence-electron chi connectivity index (χ3n) is 3.11. The van der Waals surface area contributed by atoms with E-state index in [0.717, 1.165) is 6.04 Å². The Labute approximate surface area is 77.1 Å². The van der Waals surface area contributed by atoms with Gasteiger partial charge in [0.15, 0.2) is 0 Å². The third kappa shape index (κ3) is 2.78. The fraction of sp³-hybridized carbons (Fsp3) is 1.00. The smallest absolute Gasteiger partial charge is 0.0876 e. The van der Waals surface area contributed by atoms with Gasteiger partial charge in [0.2, 0.25) is 0 Å². The number of likely N-dealkylation sites (tertiary alicyclic amines) is 1. The summed E-state index contributed by atoms with van der Waals surface area (Å²) in [5, 5.41) is 0. The van der Waals surface area contributed by atoms with E-state index in [9.17, 15) is 0 Å². The van der Waals surface area contributed by atoms with Crippen molar-refractivity contribution in [3.8, 4) is 0 Å². The average Bonchev–Trinajstić information content (AvgIpc) is 2.50. The predicted molar refractivity (Wildman–Crippen MR) is 53.5 cm³/mol. The van der Waals surface area contributed by atoms with Crippen LogP contribution in [0.3, 0.4) is 0 Å². The van der Waals surface area contributed by atoms with Gasteiger partial charge in [-0.2, -0.15) is 0 Å². The molecule has 1 rings (SSSR count). The Morgan fingerprint density at radius 1 is 1.25 bits per heavy atom. The molecule has 1 aliphatic rings. The van der Waals surface area contributed by atoms with E-state index < -0.39 is 0 Å². The molecule has 2 atom stereocenters. The molecule has 2 unspecified atom stereocenters. The Balaban J connectivity index is 2.20. The molecule has 1 heterocycles. The first-order valence-electron chi connectivity index (χ1n) is 5.73. The number of quaternary nitrogens is 1. The molecule has 0 amide bonds. The summed E-state index contributed by atoms with van der Waals surface area (Å²) in [4.78, 5) is 1.89. The van der Waals surface area contributed by atoms with E-state index in [1.54, 1.807) is 0 Å². The minimum Gasteiger partial charge on any atom is -0.333 e. The van der Waals surface area contributed by atoms with Gasteiger partial charge in [0.1, 0.15) is 0 Å². The predicted octanol–water partition coefficient (Wildman–Crippen LogP) is 1.63. The number of unbranched alkanes of at least 4 members (excludes halogenated alkanes) is 1. The molecule has 1 aliphatic heterocycles. The van der Waals surface area contributed by atoms with Crippen LogP contribution in [0.15, 0.2) is 0 Å². The highest BCUT2D eigenvalue weighted by Gasteiger charge is 2.26. The van der Waals surface area contributed by atoms with Crippen LogP contribution in [0.4, 0.5) is 0 Å². The lowest BCUT2D eigenvalue weighted by Crippen LogP contribution is -3.13. The molecule has 0 aromatic carbocycles. The van der Waals surface area contributed by atoms with Gasteiger partial charge in [-0.05, 0) is 19.3 Å². The first-order valence-corrected chi connectivity index (χ1v) is 5.73. The molecule has 1 saturated heterocycles. The number of hydrogen-bond donors (Lipinski definition) is 1. The molecule has 1 nitrogen and oxygen atoms in total. The van der Waals surface area contributed by atoms with E-state index in [2.05, 4.69) is 13.8 Å². The second kappa shape index (κ2) is 5.58. The maximum absolute atomic E-state index is 2.31. The van der Waals surface area contributed by atoms with Crippen molar-refractivity contribution in [1.82, 2.24) is 0 Å². The topological polar surface area (TPSA) is 4.44 Å². The van der Waals surface area contributed by atoms with Crippen LogP contribution in [0.5, 0.6) is 0 Å².